The highest BCUT2D eigenvalue weighted by Gasteiger charge is 2.37. The minimum atomic E-state index is -4.97. The predicted octanol–water partition coefficient (Wildman–Crippen LogP) is 2.54. The van der Waals surface area contributed by atoms with Gasteiger partial charge in [0.25, 0.3) is 5.56 Å². The molecule has 0 spiro atoms. The maximum absolute atomic E-state index is 13.9. The van der Waals surface area contributed by atoms with Crippen LogP contribution in [-0.2, 0) is 6.18 Å². The van der Waals surface area contributed by atoms with E-state index in [0.29, 0.717) is 12.3 Å². The molecule has 1 aromatic heterocycles. The lowest BCUT2D eigenvalue weighted by Crippen LogP contribution is -2.20. The molecule has 0 saturated carbocycles. The molecule has 0 atom stereocenters. The van der Waals surface area contributed by atoms with E-state index in [1.54, 1.807) is 5.10 Å². The Hall–Kier alpha value is -2.29. The van der Waals surface area contributed by atoms with E-state index in [1.807, 2.05) is 0 Å². The SMILES string of the molecule is Nc1c(O)c(Cl)cc(F)c1-c1c(C(F)(F)F)cn[nH]c1=O. The third-order valence-electron chi connectivity index (χ3n) is 2.65. The van der Waals surface area contributed by atoms with E-state index >= 15 is 0 Å². The fraction of sp³-hybridized carbons (Fsp3) is 0.0909. The lowest BCUT2D eigenvalue weighted by molar-refractivity contribution is -0.137. The zero-order chi connectivity index (χ0) is 15.9. The molecule has 1 aromatic carbocycles. The van der Waals surface area contributed by atoms with Crippen LogP contribution < -0.4 is 11.3 Å². The Morgan fingerprint density at radius 2 is 1.95 bits per heavy atom. The Morgan fingerprint density at radius 1 is 1.33 bits per heavy atom. The summed E-state index contributed by atoms with van der Waals surface area (Å²) in [5.41, 5.74) is -0.168. The number of alkyl halides is 3. The second kappa shape index (κ2) is 4.92. The average Bonchev–Trinajstić information content (AvgIpc) is 2.36. The van der Waals surface area contributed by atoms with E-state index in [0.717, 1.165) is 0 Å². The van der Waals surface area contributed by atoms with E-state index in [1.165, 1.54) is 0 Å². The number of H-pyrrole nitrogens is 1. The highest BCUT2D eigenvalue weighted by molar-refractivity contribution is 6.32. The van der Waals surface area contributed by atoms with Gasteiger partial charge < -0.3 is 10.8 Å². The van der Waals surface area contributed by atoms with Gasteiger partial charge in [0.1, 0.15) is 5.82 Å². The minimum absolute atomic E-state index is 0.321. The van der Waals surface area contributed by atoms with E-state index in [2.05, 4.69) is 5.10 Å². The Bertz CT molecular complexity index is 773. The maximum atomic E-state index is 13.9. The first-order valence-corrected chi connectivity index (χ1v) is 5.64. The molecule has 0 bridgehead atoms. The number of rotatable bonds is 1. The zero-order valence-corrected chi connectivity index (χ0v) is 10.7. The topological polar surface area (TPSA) is 92.0 Å². The summed E-state index contributed by atoms with van der Waals surface area (Å²) in [7, 11) is 0. The second-order valence-electron chi connectivity index (χ2n) is 3.96. The van der Waals surface area contributed by atoms with Crippen LogP contribution in [0, 0.1) is 5.82 Å². The molecule has 5 nitrogen and oxygen atoms in total. The van der Waals surface area contributed by atoms with Gasteiger partial charge in [-0.15, -0.1) is 0 Å². The smallest absolute Gasteiger partial charge is 0.418 e. The Labute approximate surface area is 119 Å². The third kappa shape index (κ3) is 2.51. The van der Waals surface area contributed by atoms with Crippen molar-refractivity contribution in [3.8, 4) is 16.9 Å². The molecule has 112 valence electrons. The lowest BCUT2D eigenvalue weighted by atomic mass is 9.99. The minimum Gasteiger partial charge on any atom is -0.504 e. The van der Waals surface area contributed by atoms with Crippen molar-refractivity contribution in [2.45, 2.75) is 6.18 Å². The molecular formula is C11H6ClF4N3O2. The fourth-order valence-corrected chi connectivity index (χ4v) is 1.94. The molecule has 0 saturated heterocycles. The summed E-state index contributed by atoms with van der Waals surface area (Å²) < 4.78 is 52.6. The summed E-state index contributed by atoms with van der Waals surface area (Å²) in [5.74, 6) is -2.10. The van der Waals surface area contributed by atoms with Crippen molar-refractivity contribution in [1.29, 1.82) is 0 Å². The van der Waals surface area contributed by atoms with Crippen molar-refractivity contribution < 1.29 is 22.7 Å². The number of nitrogens with one attached hydrogen (secondary N) is 1. The maximum Gasteiger partial charge on any atom is 0.418 e. The van der Waals surface area contributed by atoms with Crippen molar-refractivity contribution >= 4 is 17.3 Å². The Kier molecular flexibility index (Phi) is 3.54. The van der Waals surface area contributed by atoms with Crippen LogP contribution in [0.4, 0.5) is 23.2 Å². The molecule has 0 fully saturated rings. The van der Waals surface area contributed by atoms with Crippen molar-refractivity contribution in [1.82, 2.24) is 10.2 Å². The number of hydrogen-bond donors (Lipinski definition) is 3. The summed E-state index contributed by atoms with van der Waals surface area (Å²) >= 11 is 5.46. The number of hydrogen-bond acceptors (Lipinski definition) is 4. The molecule has 0 aliphatic heterocycles. The molecule has 1 heterocycles. The third-order valence-corrected chi connectivity index (χ3v) is 2.94. The van der Waals surface area contributed by atoms with Gasteiger partial charge in [0.2, 0.25) is 0 Å². The van der Waals surface area contributed by atoms with E-state index < -0.39 is 50.7 Å². The number of aromatic nitrogens is 2. The summed E-state index contributed by atoms with van der Waals surface area (Å²) in [6.07, 6.45) is -4.65. The molecular weight excluding hydrogens is 318 g/mol. The fourth-order valence-electron chi connectivity index (χ4n) is 1.74. The molecule has 0 aliphatic carbocycles. The van der Waals surface area contributed by atoms with Crippen LogP contribution in [0.15, 0.2) is 17.1 Å². The molecule has 0 unspecified atom stereocenters. The van der Waals surface area contributed by atoms with Crippen LogP contribution in [-0.4, -0.2) is 15.3 Å². The van der Waals surface area contributed by atoms with Gasteiger partial charge >= 0.3 is 6.18 Å². The number of nitrogens with zero attached hydrogens (tertiary/aromatic N) is 1. The number of phenolic OH excluding ortho intramolecular Hbond substituents is 1. The van der Waals surface area contributed by atoms with Crippen molar-refractivity contribution in [3.05, 3.63) is 39.0 Å². The van der Waals surface area contributed by atoms with E-state index in [4.69, 9.17) is 17.3 Å². The van der Waals surface area contributed by atoms with Crippen molar-refractivity contribution in [2.75, 3.05) is 5.73 Å². The molecule has 21 heavy (non-hydrogen) atoms. The highest BCUT2D eigenvalue weighted by atomic mass is 35.5. The van der Waals surface area contributed by atoms with Gasteiger partial charge in [0.15, 0.2) is 5.75 Å². The highest BCUT2D eigenvalue weighted by Crippen LogP contribution is 2.42. The number of halogens is 5. The monoisotopic (exact) mass is 323 g/mol. The Balaban J connectivity index is 2.93. The second-order valence-corrected chi connectivity index (χ2v) is 4.37. The van der Waals surface area contributed by atoms with Gasteiger partial charge in [0.05, 0.1) is 33.6 Å². The standard InChI is InChI=1S/C11H6ClF4N3O2/c12-4-1-5(13)7(8(17)9(4)20)6-3(11(14,15)16)2-18-19-10(6)21/h1-2,20H,17H2,(H,19,21). The van der Waals surface area contributed by atoms with Crippen LogP contribution in [0.5, 0.6) is 5.75 Å². The molecule has 0 amide bonds. The van der Waals surface area contributed by atoms with Gasteiger partial charge in [-0.2, -0.15) is 18.3 Å². The predicted molar refractivity (Wildman–Crippen MR) is 66.3 cm³/mol. The number of nitrogen functional groups attached to an aromatic ring is 1. The number of aromatic amines is 1. The summed E-state index contributed by atoms with van der Waals surface area (Å²) in [6, 6.07) is 0.558. The van der Waals surface area contributed by atoms with Gasteiger partial charge in [-0.25, -0.2) is 9.49 Å². The van der Waals surface area contributed by atoms with Crippen molar-refractivity contribution in [3.63, 3.8) is 0 Å². The first kappa shape index (κ1) is 15.1. The van der Waals surface area contributed by atoms with Crippen LogP contribution in [0.2, 0.25) is 5.02 Å². The van der Waals surface area contributed by atoms with Gasteiger partial charge in [-0.1, -0.05) is 11.6 Å². The average molecular weight is 324 g/mol. The van der Waals surface area contributed by atoms with E-state index in [9.17, 15) is 27.5 Å². The molecule has 2 rings (SSSR count). The largest absolute Gasteiger partial charge is 0.504 e. The van der Waals surface area contributed by atoms with Gasteiger partial charge in [-0.3, -0.25) is 4.79 Å². The van der Waals surface area contributed by atoms with Crippen molar-refractivity contribution in [2.24, 2.45) is 0 Å². The number of nitrogens with two attached hydrogens (primary N) is 1. The normalized spacial score (nSPS) is 11.7. The quantitative estimate of drug-likeness (QED) is 0.427. The zero-order valence-electron chi connectivity index (χ0n) is 9.92. The molecule has 0 radical (unpaired) electrons. The summed E-state index contributed by atoms with van der Waals surface area (Å²) in [4.78, 5) is 11.6. The first-order chi connectivity index (χ1) is 9.64. The molecule has 2 aromatic rings. The van der Waals surface area contributed by atoms with Crippen LogP contribution >= 0.6 is 11.6 Å². The van der Waals surface area contributed by atoms with Crippen LogP contribution in [0.1, 0.15) is 5.56 Å². The first-order valence-electron chi connectivity index (χ1n) is 5.26. The molecule has 0 aliphatic rings. The summed E-state index contributed by atoms with van der Waals surface area (Å²) in [5, 5.41) is 13.8. The Morgan fingerprint density at radius 3 is 2.52 bits per heavy atom. The van der Waals surface area contributed by atoms with Crippen LogP contribution in [0.25, 0.3) is 11.1 Å². The van der Waals surface area contributed by atoms with E-state index in [-0.39, 0.29) is 0 Å². The number of phenols is 1. The molecule has 4 N–H and O–H groups in total. The van der Waals surface area contributed by atoms with Crippen LogP contribution in [0.3, 0.4) is 0 Å². The number of benzene rings is 1. The molecule has 10 heteroatoms. The van der Waals surface area contributed by atoms with Gasteiger partial charge in [-0.05, 0) is 6.07 Å². The summed E-state index contributed by atoms with van der Waals surface area (Å²) in [6.45, 7) is 0. The number of aromatic hydroxyl groups is 1. The lowest BCUT2D eigenvalue weighted by Gasteiger charge is -2.14. The van der Waals surface area contributed by atoms with Gasteiger partial charge in [0, 0.05) is 0 Å². The number of anilines is 1.